The summed E-state index contributed by atoms with van der Waals surface area (Å²) in [5.74, 6) is -0.750. The van der Waals surface area contributed by atoms with E-state index in [9.17, 15) is 18.0 Å². The molecule has 8 heteroatoms. The first kappa shape index (κ1) is 19.8. The van der Waals surface area contributed by atoms with Crippen LogP contribution in [0.2, 0.25) is 0 Å². The topological polar surface area (TPSA) is 92.8 Å². The van der Waals surface area contributed by atoms with E-state index in [-0.39, 0.29) is 29.2 Å². The number of esters is 1. The van der Waals surface area contributed by atoms with Crippen LogP contribution in [0.1, 0.15) is 38.5 Å². The average molecular weight is 394 g/mol. The zero-order valence-electron chi connectivity index (χ0n) is 15.5. The molecule has 0 bridgehead atoms. The summed E-state index contributed by atoms with van der Waals surface area (Å²) in [6.45, 7) is 0.519. The van der Waals surface area contributed by atoms with Gasteiger partial charge < -0.3 is 10.1 Å². The Labute approximate surface area is 160 Å². The Kier molecular flexibility index (Phi) is 6.16. The van der Waals surface area contributed by atoms with E-state index in [2.05, 4.69) is 5.32 Å². The van der Waals surface area contributed by atoms with Crippen LogP contribution in [0.25, 0.3) is 0 Å². The highest BCUT2D eigenvalue weighted by Gasteiger charge is 2.33. The van der Waals surface area contributed by atoms with Gasteiger partial charge in [-0.25, -0.2) is 8.42 Å². The predicted octanol–water partition coefficient (Wildman–Crippen LogP) is 2.39. The molecule has 1 saturated carbocycles. The van der Waals surface area contributed by atoms with Gasteiger partial charge in [0.15, 0.2) is 0 Å². The van der Waals surface area contributed by atoms with Gasteiger partial charge in [-0.2, -0.15) is 4.31 Å². The molecule has 1 aliphatic carbocycles. The molecule has 3 rings (SSSR count). The minimum Gasteiger partial charge on any atom is -0.469 e. The van der Waals surface area contributed by atoms with Crippen molar-refractivity contribution in [1.82, 2.24) is 4.31 Å². The lowest BCUT2D eigenvalue weighted by Crippen LogP contribution is -2.42. The molecule has 1 aromatic rings. The zero-order chi connectivity index (χ0) is 19.4. The van der Waals surface area contributed by atoms with Crippen molar-refractivity contribution in [2.75, 3.05) is 25.5 Å². The van der Waals surface area contributed by atoms with Gasteiger partial charge in [-0.3, -0.25) is 9.59 Å². The van der Waals surface area contributed by atoms with Crippen LogP contribution in [0, 0.1) is 11.8 Å². The third-order valence-corrected chi connectivity index (χ3v) is 7.28. The van der Waals surface area contributed by atoms with Crippen LogP contribution in [0.4, 0.5) is 5.69 Å². The van der Waals surface area contributed by atoms with E-state index in [0.717, 1.165) is 25.7 Å². The number of benzene rings is 1. The molecule has 1 atom stereocenters. The van der Waals surface area contributed by atoms with Crippen LogP contribution in [-0.2, 0) is 24.3 Å². The Morgan fingerprint density at radius 1 is 1.04 bits per heavy atom. The fraction of sp³-hybridized carbons (Fsp3) is 0.579. The number of sulfonamides is 1. The van der Waals surface area contributed by atoms with E-state index in [1.54, 1.807) is 12.1 Å². The van der Waals surface area contributed by atoms with Crippen LogP contribution in [0.5, 0.6) is 0 Å². The third-order valence-electron chi connectivity index (χ3n) is 5.40. The van der Waals surface area contributed by atoms with E-state index in [1.807, 2.05) is 0 Å². The lowest BCUT2D eigenvalue weighted by Gasteiger charge is -2.30. The number of ether oxygens (including phenoxy) is 1. The van der Waals surface area contributed by atoms with Crippen molar-refractivity contribution in [3.05, 3.63) is 24.3 Å². The summed E-state index contributed by atoms with van der Waals surface area (Å²) in [5.41, 5.74) is 0.594. The molecule has 0 spiro atoms. The van der Waals surface area contributed by atoms with Crippen LogP contribution in [-0.4, -0.2) is 44.8 Å². The van der Waals surface area contributed by atoms with Crippen molar-refractivity contribution in [1.29, 1.82) is 0 Å². The summed E-state index contributed by atoms with van der Waals surface area (Å²) in [6.07, 6.45) is 5.23. The highest BCUT2D eigenvalue weighted by molar-refractivity contribution is 7.89. The van der Waals surface area contributed by atoms with Gasteiger partial charge in [0.25, 0.3) is 0 Å². The lowest BCUT2D eigenvalue weighted by atomic mass is 10.0. The summed E-state index contributed by atoms with van der Waals surface area (Å²) < 4.78 is 31.8. The Bertz CT molecular complexity index is 785. The predicted molar refractivity (Wildman–Crippen MR) is 101 cm³/mol. The number of carbonyl (C=O) groups is 2. The molecule has 148 valence electrons. The Balaban J connectivity index is 1.67. The number of nitrogens with zero attached hydrogens (tertiary/aromatic N) is 1. The van der Waals surface area contributed by atoms with Crippen LogP contribution in [0.15, 0.2) is 29.2 Å². The highest BCUT2D eigenvalue weighted by atomic mass is 32.2. The van der Waals surface area contributed by atoms with Crippen molar-refractivity contribution >= 4 is 27.6 Å². The van der Waals surface area contributed by atoms with Crippen LogP contribution < -0.4 is 5.32 Å². The maximum absolute atomic E-state index is 12.9. The fourth-order valence-electron chi connectivity index (χ4n) is 3.81. The number of nitrogens with one attached hydrogen (secondary N) is 1. The summed E-state index contributed by atoms with van der Waals surface area (Å²) in [4.78, 5) is 24.1. The van der Waals surface area contributed by atoms with Crippen molar-refractivity contribution in [3.63, 3.8) is 0 Å². The number of rotatable bonds is 5. The SMILES string of the molecule is COC(=O)[C@H]1CCCN(S(=O)(=O)c2ccc(NC(=O)C3CCCC3)cc2)C1. The smallest absolute Gasteiger partial charge is 0.309 e. The molecule has 2 fully saturated rings. The monoisotopic (exact) mass is 394 g/mol. The Morgan fingerprint density at radius 2 is 1.67 bits per heavy atom. The number of anilines is 1. The number of hydrogen-bond acceptors (Lipinski definition) is 5. The van der Waals surface area contributed by atoms with Gasteiger partial charge in [-0.15, -0.1) is 0 Å². The maximum Gasteiger partial charge on any atom is 0.309 e. The second-order valence-corrected chi connectivity index (χ2v) is 9.16. The standard InChI is InChI=1S/C19H26N2O5S/c1-26-19(23)15-7-4-12-21(13-15)27(24,25)17-10-8-16(9-11-17)20-18(22)14-5-2-3-6-14/h8-11,14-15H,2-7,12-13H2,1H3,(H,20,22)/t15-/m0/s1. The van der Waals surface area contributed by atoms with Crippen molar-refractivity contribution in [2.24, 2.45) is 11.8 Å². The number of methoxy groups -OCH3 is 1. The molecule has 0 radical (unpaired) electrons. The molecule has 1 amide bonds. The van der Waals surface area contributed by atoms with Crippen molar-refractivity contribution in [3.8, 4) is 0 Å². The number of piperidine rings is 1. The zero-order valence-corrected chi connectivity index (χ0v) is 16.3. The van der Waals surface area contributed by atoms with Gasteiger partial charge in [-0.05, 0) is 49.9 Å². The van der Waals surface area contributed by atoms with Crippen LogP contribution >= 0.6 is 0 Å². The number of amides is 1. The molecule has 27 heavy (non-hydrogen) atoms. The molecule has 0 aromatic heterocycles. The fourth-order valence-corrected chi connectivity index (χ4v) is 5.34. The molecule has 1 aromatic carbocycles. The van der Waals surface area contributed by atoms with Crippen LogP contribution in [0.3, 0.4) is 0 Å². The molecule has 0 unspecified atom stereocenters. The summed E-state index contributed by atoms with van der Waals surface area (Å²) >= 11 is 0. The Hall–Kier alpha value is -1.93. The largest absolute Gasteiger partial charge is 0.469 e. The van der Waals surface area contributed by atoms with E-state index >= 15 is 0 Å². The van der Waals surface area contributed by atoms with Gasteiger partial charge in [0, 0.05) is 24.7 Å². The molecule has 1 heterocycles. The number of hydrogen-bond donors (Lipinski definition) is 1. The molecule has 7 nitrogen and oxygen atoms in total. The molecular weight excluding hydrogens is 368 g/mol. The van der Waals surface area contributed by atoms with E-state index in [1.165, 1.54) is 23.5 Å². The van der Waals surface area contributed by atoms with E-state index in [4.69, 9.17) is 4.74 Å². The van der Waals surface area contributed by atoms with Gasteiger partial charge in [-0.1, -0.05) is 12.8 Å². The van der Waals surface area contributed by atoms with E-state index in [0.29, 0.717) is 25.1 Å². The normalized spacial score (nSPS) is 21.7. The average Bonchev–Trinajstić information content (AvgIpc) is 3.23. The summed E-state index contributed by atoms with van der Waals surface area (Å²) in [5, 5.41) is 2.86. The van der Waals surface area contributed by atoms with Crippen molar-refractivity contribution < 1.29 is 22.7 Å². The quantitative estimate of drug-likeness (QED) is 0.774. The molecular formula is C19H26N2O5S. The first-order valence-electron chi connectivity index (χ1n) is 9.40. The van der Waals surface area contributed by atoms with E-state index < -0.39 is 15.9 Å². The molecule has 1 saturated heterocycles. The number of carbonyl (C=O) groups excluding carboxylic acids is 2. The third kappa shape index (κ3) is 4.50. The van der Waals surface area contributed by atoms with Gasteiger partial charge >= 0.3 is 5.97 Å². The second-order valence-electron chi connectivity index (χ2n) is 7.22. The first-order valence-corrected chi connectivity index (χ1v) is 10.8. The van der Waals surface area contributed by atoms with Gasteiger partial charge in [0.1, 0.15) is 0 Å². The second kappa shape index (κ2) is 8.39. The molecule has 1 N–H and O–H groups in total. The van der Waals surface area contributed by atoms with Crippen molar-refractivity contribution in [2.45, 2.75) is 43.4 Å². The molecule has 1 aliphatic heterocycles. The van der Waals surface area contributed by atoms with Gasteiger partial charge in [0.2, 0.25) is 15.9 Å². The first-order chi connectivity index (χ1) is 12.9. The summed E-state index contributed by atoms with van der Waals surface area (Å²) in [6, 6.07) is 6.23. The minimum absolute atomic E-state index is 0.0000532. The van der Waals surface area contributed by atoms with Gasteiger partial charge in [0.05, 0.1) is 17.9 Å². The minimum atomic E-state index is -3.68. The highest BCUT2D eigenvalue weighted by Crippen LogP contribution is 2.27. The lowest BCUT2D eigenvalue weighted by molar-refractivity contribution is -0.146. The molecule has 2 aliphatic rings. The maximum atomic E-state index is 12.9. The summed E-state index contributed by atoms with van der Waals surface area (Å²) in [7, 11) is -2.37. The Morgan fingerprint density at radius 3 is 2.30 bits per heavy atom.